The molecule has 0 aliphatic heterocycles. The van der Waals surface area contributed by atoms with Gasteiger partial charge in [0.2, 0.25) is 6.43 Å². The fourth-order valence-corrected chi connectivity index (χ4v) is 2.22. The van der Waals surface area contributed by atoms with Gasteiger partial charge < -0.3 is 14.3 Å². The van der Waals surface area contributed by atoms with E-state index in [1.807, 2.05) is 0 Å². The van der Waals surface area contributed by atoms with Gasteiger partial charge in [-0.05, 0) is 13.3 Å². The van der Waals surface area contributed by atoms with Crippen LogP contribution >= 0.6 is 0 Å². The highest BCUT2D eigenvalue weighted by atomic mass is 19.3. The number of halogens is 2. The summed E-state index contributed by atoms with van der Waals surface area (Å²) in [7, 11) is 0. The maximum Gasteiger partial charge on any atom is 0.341 e. The van der Waals surface area contributed by atoms with Crippen molar-refractivity contribution in [3.8, 4) is 0 Å². The lowest BCUT2D eigenvalue weighted by molar-refractivity contribution is 0.0254. The molecule has 1 aliphatic rings. The summed E-state index contributed by atoms with van der Waals surface area (Å²) in [6.07, 6.45) is -2.49. The largest absolute Gasteiger partial charge is 0.468 e. The van der Waals surface area contributed by atoms with Gasteiger partial charge in [0.1, 0.15) is 17.6 Å². The van der Waals surface area contributed by atoms with E-state index in [1.54, 1.807) is 6.92 Å². The van der Waals surface area contributed by atoms with Gasteiger partial charge in [0.05, 0.1) is 12.7 Å². The van der Waals surface area contributed by atoms with Crippen LogP contribution in [0.2, 0.25) is 0 Å². The van der Waals surface area contributed by atoms with Crippen LogP contribution in [-0.2, 0) is 11.2 Å². The Hall–Kier alpha value is -1.43. The predicted octanol–water partition coefficient (Wildman–Crippen LogP) is 2.32. The standard InChI is InChI=1S/C12H14F2O4/c1-2-17-12(16)7-5-18-9-4-6(11(13)14)3-8(15)10(7)9/h5-6,8,11,15H,2-4H2,1H3/t6-,8-/m1/s1. The number of aliphatic hydroxyl groups excluding tert-OH is 1. The highest BCUT2D eigenvalue weighted by molar-refractivity contribution is 5.91. The van der Waals surface area contributed by atoms with E-state index in [4.69, 9.17) is 9.15 Å². The first-order valence-corrected chi connectivity index (χ1v) is 5.78. The second kappa shape index (κ2) is 5.06. The lowest BCUT2D eigenvalue weighted by Crippen LogP contribution is -2.24. The van der Waals surface area contributed by atoms with Crippen molar-refractivity contribution in [1.29, 1.82) is 0 Å². The van der Waals surface area contributed by atoms with Crippen LogP contribution in [0.4, 0.5) is 8.78 Å². The molecule has 0 radical (unpaired) electrons. The van der Waals surface area contributed by atoms with Crippen molar-refractivity contribution in [2.24, 2.45) is 5.92 Å². The molecule has 0 spiro atoms. The molecule has 0 fully saturated rings. The summed E-state index contributed by atoms with van der Waals surface area (Å²) >= 11 is 0. The van der Waals surface area contributed by atoms with Crippen molar-refractivity contribution >= 4 is 5.97 Å². The number of fused-ring (bicyclic) bond motifs is 1. The second-order valence-electron chi connectivity index (χ2n) is 4.26. The van der Waals surface area contributed by atoms with Gasteiger partial charge >= 0.3 is 5.97 Å². The first kappa shape index (κ1) is 13.0. The van der Waals surface area contributed by atoms with Crippen LogP contribution < -0.4 is 0 Å². The quantitative estimate of drug-likeness (QED) is 0.847. The molecule has 4 nitrogen and oxygen atoms in total. The van der Waals surface area contributed by atoms with E-state index in [9.17, 15) is 18.7 Å². The minimum absolute atomic E-state index is 0.0312. The number of alkyl halides is 2. The van der Waals surface area contributed by atoms with Crippen molar-refractivity contribution in [2.75, 3.05) is 6.61 Å². The van der Waals surface area contributed by atoms with Gasteiger partial charge in [0.25, 0.3) is 0 Å². The zero-order chi connectivity index (χ0) is 13.3. The Kier molecular flexibility index (Phi) is 3.65. The minimum atomic E-state index is -2.51. The van der Waals surface area contributed by atoms with Gasteiger partial charge in [-0.1, -0.05) is 0 Å². The van der Waals surface area contributed by atoms with Crippen LogP contribution in [0.15, 0.2) is 10.7 Å². The Morgan fingerprint density at radius 2 is 2.39 bits per heavy atom. The van der Waals surface area contributed by atoms with Gasteiger partial charge in [-0.15, -0.1) is 0 Å². The molecule has 1 aromatic heterocycles. The number of esters is 1. The number of rotatable bonds is 3. The first-order chi connectivity index (χ1) is 8.54. The lowest BCUT2D eigenvalue weighted by atomic mass is 9.85. The summed E-state index contributed by atoms with van der Waals surface area (Å²) in [4.78, 5) is 11.6. The van der Waals surface area contributed by atoms with E-state index in [0.29, 0.717) is 5.56 Å². The molecule has 1 N–H and O–H groups in total. The van der Waals surface area contributed by atoms with Crippen LogP contribution in [-0.4, -0.2) is 24.1 Å². The molecular weight excluding hydrogens is 246 g/mol. The number of aliphatic hydroxyl groups is 1. The Bertz CT molecular complexity index is 441. The summed E-state index contributed by atoms with van der Waals surface area (Å²) in [5, 5.41) is 9.87. The Morgan fingerprint density at radius 1 is 1.67 bits per heavy atom. The fourth-order valence-electron chi connectivity index (χ4n) is 2.22. The van der Waals surface area contributed by atoms with Gasteiger partial charge in [-0.25, -0.2) is 13.6 Å². The number of carbonyl (C=O) groups is 1. The van der Waals surface area contributed by atoms with E-state index in [0.717, 1.165) is 0 Å². The normalized spacial score (nSPS) is 22.9. The molecule has 0 saturated carbocycles. The monoisotopic (exact) mass is 260 g/mol. The van der Waals surface area contributed by atoms with Crippen molar-refractivity contribution in [2.45, 2.75) is 32.3 Å². The molecule has 0 saturated heterocycles. The molecule has 1 aromatic rings. The van der Waals surface area contributed by atoms with Crippen molar-refractivity contribution in [3.63, 3.8) is 0 Å². The molecule has 18 heavy (non-hydrogen) atoms. The second-order valence-corrected chi connectivity index (χ2v) is 4.26. The minimum Gasteiger partial charge on any atom is -0.468 e. The molecular formula is C12H14F2O4. The maximum absolute atomic E-state index is 12.6. The summed E-state index contributed by atoms with van der Waals surface area (Å²) < 4.78 is 35.2. The molecule has 1 heterocycles. The Labute approximate surface area is 103 Å². The molecule has 0 aromatic carbocycles. The molecule has 6 heteroatoms. The number of carbonyl (C=O) groups excluding carboxylic acids is 1. The highest BCUT2D eigenvalue weighted by Crippen LogP contribution is 2.39. The van der Waals surface area contributed by atoms with E-state index < -0.39 is 24.4 Å². The third-order valence-corrected chi connectivity index (χ3v) is 3.07. The van der Waals surface area contributed by atoms with Crippen molar-refractivity contribution < 1.29 is 27.8 Å². The highest BCUT2D eigenvalue weighted by Gasteiger charge is 2.36. The molecule has 0 bridgehead atoms. The third-order valence-electron chi connectivity index (χ3n) is 3.07. The van der Waals surface area contributed by atoms with E-state index in [1.165, 1.54) is 6.26 Å². The Balaban J connectivity index is 2.28. The van der Waals surface area contributed by atoms with Crippen LogP contribution in [0.3, 0.4) is 0 Å². The van der Waals surface area contributed by atoms with Crippen molar-refractivity contribution in [3.05, 3.63) is 23.2 Å². The Morgan fingerprint density at radius 3 is 3.00 bits per heavy atom. The molecule has 0 unspecified atom stereocenters. The van der Waals surface area contributed by atoms with Gasteiger partial charge in [-0.3, -0.25) is 0 Å². The average molecular weight is 260 g/mol. The van der Waals surface area contributed by atoms with Crippen LogP contribution in [0.5, 0.6) is 0 Å². The maximum atomic E-state index is 12.6. The topological polar surface area (TPSA) is 59.7 Å². The van der Waals surface area contributed by atoms with Crippen LogP contribution in [0.25, 0.3) is 0 Å². The third kappa shape index (κ3) is 2.25. The SMILES string of the molecule is CCOC(=O)c1coc2c1[C@H](O)C[C@@H](C(F)F)C2. The van der Waals surface area contributed by atoms with Crippen molar-refractivity contribution in [1.82, 2.24) is 0 Å². The molecule has 2 rings (SSSR count). The number of hydrogen-bond acceptors (Lipinski definition) is 4. The van der Waals surface area contributed by atoms with E-state index in [2.05, 4.69) is 0 Å². The number of hydrogen-bond donors (Lipinski definition) is 1. The van der Waals surface area contributed by atoms with Gasteiger partial charge in [-0.2, -0.15) is 0 Å². The van der Waals surface area contributed by atoms with E-state index in [-0.39, 0.29) is 30.8 Å². The molecule has 0 amide bonds. The van der Waals surface area contributed by atoms with Gasteiger partial charge in [0.15, 0.2) is 0 Å². The summed E-state index contributed by atoms with van der Waals surface area (Å²) in [5.74, 6) is -1.28. The summed E-state index contributed by atoms with van der Waals surface area (Å²) in [5.41, 5.74) is 0.428. The number of ether oxygens (including phenoxy) is 1. The van der Waals surface area contributed by atoms with E-state index >= 15 is 0 Å². The lowest BCUT2D eigenvalue weighted by Gasteiger charge is -2.25. The smallest absolute Gasteiger partial charge is 0.341 e. The van der Waals surface area contributed by atoms with Gasteiger partial charge in [0, 0.05) is 17.9 Å². The first-order valence-electron chi connectivity index (χ1n) is 5.78. The zero-order valence-electron chi connectivity index (χ0n) is 9.86. The van der Waals surface area contributed by atoms with Crippen LogP contribution in [0.1, 0.15) is 41.1 Å². The predicted molar refractivity (Wildman–Crippen MR) is 57.4 cm³/mol. The summed E-state index contributed by atoms with van der Waals surface area (Å²) in [6.45, 7) is 1.86. The molecule has 2 atom stereocenters. The fraction of sp³-hybridized carbons (Fsp3) is 0.583. The van der Waals surface area contributed by atoms with Crippen LogP contribution in [0, 0.1) is 5.92 Å². The molecule has 1 aliphatic carbocycles. The zero-order valence-corrected chi connectivity index (χ0v) is 9.86. The summed E-state index contributed by atoms with van der Waals surface area (Å²) in [6, 6.07) is 0. The average Bonchev–Trinajstić information content (AvgIpc) is 2.73. The number of furan rings is 1. The molecule has 100 valence electrons.